The van der Waals surface area contributed by atoms with E-state index in [9.17, 15) is 13.2 Å². The van der Waals surface area contributed by atoms with E-state index in [1.54, 1.807) is 48.5 Å². The van der Waals surface area contributed by atoms with Crippen molar-refractivity contribution in [1.29, 1.82) is 0 Å². The van der Waals surface area contributed by atoms with Crippen LogP contribution in [0.4, 0.5) is 0 Å². The number of ether oxygens (including phenoxy) is 2. The van der Waals surface area contributed by atoms with Crippen LogP contribution >= 0.6 is 23.2 Å². The van der Waals surface area contributed by atoms with Gasteiger partial charge in [0.25, 0.3) is 0 Å². The van der Waals surface area contributed by atoms with Crippen molar-refractivity contribution in [2.45, 2.75) is 24.9 Å². The fourth-order valence-electron chi connectivity index (χ4n) is 3.33. The van der Waals surface area contributed by atoms with Crippen LogP contribution in [0.1, 0.15) is 16.7 Å². The van der Waals surface area contributed by atoms with Gasteiger partial charge in [-0.3, -0.25) is 4.79 Å². The zero-order chi connectivity index (χ0) is 25.6. The third kappa shape index (κ3) is 6.89. The van der Waals surface area contributed by atoms with E-state index in [0.29, 0.717) is 27.1 Å². The van der Waals surface area contributed by atoms with Gasteiger partial charge in [0.15, 0.2) is 11.5 Å². The molecule has 10 heteroatoms. The SMILES string of the molecule is COc1ccc(CNC(=O)CN(Cc2ccc(Cl)c(Cl)c2)S(=O)(=O)c2ccc(C)cc2)cc1OC. The Bertz CT molecular complexity index is 1300. The van der Waals surface area contributed by atoms with Crippen LogP contribution < -0.4 is 14.8 Å². The van der Waals surface area contributed by atoms with Crippen LogP contribution in [0.3, 0.4) is 0 Å². The van der Waals surface area contributed by atoms with Crippen molar-refractivity contribution in [3.05, 3.63) is 87.4 Å². The lowest BCUT2D eigenvalue weighted by Gasteiger charge is -2.22. The molecule has 0 spiro atoms. The third-order valence-corrected chi connectivity index (χ3v) is 7.80. The molecule has 0 aliphatic heterocycles. The average molecular weight is 537 g/mol. The van der Waals surface area contributed by atoms with Gasteiger partial charge in [-0.05, 0) is 54.4 Å². The number of benzene rings is 3. The van der Waals surface area contributed by atoms with Gasteiger partial charge in [0.2, 0.25) is 15.9 Å². The molecule has 0 radical (unpaired) electrons. The molecule has 0 aliphatic carbocycles. The highest BCUT2D eigenvalue weighted by Crippen LogP contribution is 2.28. The lowest BCUT2D eigenvalue weighted by molar-refractivity contribution is -0.121. The van der Waals surface area contributed by atoms with E-state index in [2.05, 4.69) is 5.32 Å². The highest BCUT2D eigenvalue weighted by atomic mass is 35.5. The second kappa shape index (κ2) is 11.8. The first-order chi connectivity index (χ1) is 16.6. The van der Waals surface area contributed by atoms with E-state index in [1.807, 2.05) is 6.92 Å². The molecule has 0 aromatic heterocycles. The minimum atomic E-state index is -3.98. The number of nitrogens with one attached hydrogen (secondary N) is 1. The number of nitrogens with zero attached hydrogens (tertiary/aromatic N) is 1. The summed E-state index contributed by atoms with van der Waals surface area (Å²) in [5, 5.41) is 3.43. The number of rotatable bonds is 10. The normalized spacial score (nSPS) is 11.4. The zero-order valence-corrected chi connectivity index (χ0v) is 21.9. The summed E-state index contributed by atoms with van der Waals surface area (Å²) in [6.45, 7) is 1.61. The Morgan fingerprint density at radius 1 is 0.886 bits per heavy atom. The molecule has 3 rings (SSSR count). The first-order valence-corrected chi connectivity index (χ1v) is 12.8. The fraction of sp³-hybridized carbons (Fsp3) is 0.240. The summed E-state index contributed by atoms with van der Waals surface area (Å²) >= 11 is 12.1. The Hall–Kier alpha value is -2.78. The monoisotopic (exact) mass is 536 g/mol. The summed E-state index contributed by atoms with van der Waals surface area (Å²) in [6, 6.07) is 16.6. The first kappa shape index (κ1) is 26.8. The number of amides is 1. The molecule has 0 aliphatic rings. The van der Waals surface area contributed by atoms with Crippen molar-refractivity contribution in [3.63, 3.8) is 0 Å². The van der Waals surface area contributed by atoms with Crippen molar-refractivity contribution in [2.75, 3.05) is 20.8 Å². The lowest BCUT2D eigenvalue weighted by atomic mass is 10.2. The molecule has 186 valence electrons. The van der Waals surface area contributed by atoms with Crippen molar-refractivity contribution >= 4 is 39.1 Å². The van der Waals surface area contributed by atoms with Crippen LogP contribution in [0.25, 0.3) is 0 Å². The lowest BCUT2D eigenvalue weighted by Crippen LogP contribution is -2.40. The highest BCUT2D eigenvalue weighted by molar-refractivity contribution is 7.89. The van der Waals surface area contributed by atoms with Crippen molar-refractivity contribution in [3.8, 4) is 11.5 Å². The van der Waals surface area contributed by atoms with Gasteiger partial charge in [-0.2, -0.15) is 4.31 Å². The summed E-state index contributed by atoms with van der Waals surface area (Å²) in [5.41, 5.74) is 2.30. The molecule has 0 bridgehead atoms. The summed E-state index contributed by atoms with van der Waals surface area (Å²) in [4.78, 5) is 12.9. The van der Waals surface area contributed by atoms with E-state index in [4.69, 9.17) is 32.7 Å². The zero-order valence-electron chi connectivity index (χ0n) is 19.5. The van der Waals surface area contributed by atoms with Gasteiger partial charge in [-0.1, -0.05) is 53.0 Å². The highest BCUT2D eigenvalue weighted by Gasteiger charge is 2.27. The number of carbonyl (C=O) groups is 1. The Kier molecular flexibility index (Phi) is 9.02. The molecular weight excluding hydrogens is 511 g/mol. The fourth-order valence-corrected chi connectivity index (χ4v) is 5.04. The standard InChI is InChI=1S/C25H26Cl2N2O5S/c1-17-4-8-20(9-5-17)35(31,32)29(15-19-6-10-21(26)22(27)12-19)16-25(30)28-14-18-7-11-23(33-2)24(13-18)34-3/h4-13H,14-16H2,1-3H3,(H,28,30). The number of aryl methyl sites for hydroxylation is 1. The Morgan fingerprint density at radius 2 is 1.54 bits per heavy atom. The Balaban J connectivity index is 1.81. The summed E-state index contributed by atoms with van der Waals surface area (Å²) in [5.74, 6) is 0.637. The third-order valence-electron chi connectivity index (χ3n) is 5.26. The number of hydrogen-bond acceptors (Lipinski definition) is 5. The molecule has 0 saturated carbocycles. The molecule has 3 aromatic rings. The second-order valence-electron chi connectivity index (χ2n) is 7.80. The summed E-state index contributed by atoms with van der Waals surface area (Å²) in [6.07, 6.45) is 0. The predicted octanol–water partition coefficient (Wildman–Crippen LogP) is 4.83. The van der Waals surface area contributed by atoms with Crippen LogP contribution in [-0.2, 0) is 27.9 Å². The smallest absolute Gasteiger partial charge is 0.243 e. The van der Waals surface area contributed by atoms with Crippen molar-refractivity contribution in [2.24, 2.45) is 0 Å². The van der Waals surface area contributed by atoms with Crippen molar-refractivity contribution in [1.82, 2.24) is 9.62 Å². The molecular formula is C25H26Cl2N2O5S. The number of methoxy groups -OCH3 is 2. The Morgan fingerprint density at radius 3 is 2.17 bits per heavy atom. The molecule has 0 atom stereocenters. The predicted molar refractivity (Wildman–Crippen MR) is 137 cm³/mol. The maximum atomic E-state index is 13.4. The van der Waals surface area contributed by atoms with Gasteiger partial charge < -0.3 is 14.8 Å². The van der Waals surface area contributed by atoms with E-state index < -0.39 is 15.9 Å². The number of halogens is 2. The first-order valence-electron chi connectivity index (χ1n) is 10.6. The van der Waals surface area contributed by atoms with E-state index in [-0.39, 0.29) is 24.5 Å². The second-order valence-corrected chi connectivity index (χ2v) is 10.6. The average Bonchev–Trinajstić information content (AvgIpc) is 2.84. The van der Waals surface area contributed by atoms with Crippen LogP contribution in [-0.4, -0.2) is 39.4 Å². The maximum absolute atomic E-state index is 13.4. The van der Waals surface area contributed by atoms with Gasteiger partial charge >= 0.3 is 0 Å². The largest absolute Gasteiger partial charge is 0.493 e. The number of carbonyl (C=O) groups excluding carboxylic acids is 1. The molecule has 0 heterocycles. The molecule has 7 nitrogen and oxygen atoms in total. The molecule has 0 saturated heterocycles. The van der Waals surface area contributed by atoms with Crippen LogP contribution in [0.5, 0.6) is 11.5 Å². The van der Waals surface area contributed by atoms with Crippen LogP contribution in [0.15, 0.2) is 65.6 Å². The van der Waals surface area contributed by atoms with E-state index in [1.165, 1.54) is 26.4 Å². The quantitative estimate of drug-likeness (QED) is 0.401. The van der Waals surface area contributed by atoms with E-state index >= 15 is 0 Å². The maximum Gasteiger partial charge on any atom is 0.243 e. The van der Waals surface area contributed by atoms with Crippen LogP contribution in [0, 0.1) is 6.92 Å². The number of hydrogen-bond donors (Lipinski definition) is 1. The summed E-state index contributed by atoms with van der Waals surface area (Å²) in [7, 11) is -0.914. The van der Waals surface area contributed by atoms with Gasteiger partial charge in [0.05, 0.1) is 35.7 Å². The van der Waals surface area contributed by atoms with E-state index in [0.717, 1.165) is 15.4 Å². The van der Waals surface area contributed by atoms with Crippen molar-refractivity contribution < 1.29 is 22.7 Å². The van der Waals surface area contributed by atoms with Gasteiger partial charge in [-0.15, -0.1) is 0 Å². The molecule has 0 unspecified atom stereocenters. The van der Waals surface area contributed by atoms with Gasteiger partial charge in [-0.25, -0.2) is 8.42 Å². The topological polar surface area (TPSA) is 84.9 Å². The molecule has 3 aromatic carbocycles. The minimum absolute atomic E-state index is 0.0587. The molecule has 35 heavy (non-hydrogen) atoms. The molecule has 1 amide bonds. The number of sulfonamides is 1. The van der Waals surface area contributed by atoms with Crippen LogP contribution in [0.2, 0.25) is 10.0 Å². The summed E-state index contributed by atoms with van der Waals surface area (Å²) < 4.78 is 38.5. The molecule has 1 N–H and O–H groups in total. The van der Waals surface area contributed by atoms with Gasteiger partial charge in [0.1, 0.15) is 0 Å². The Labute approximate surface area is 215 Å². The van der Waals surface area contributed by atoms with Gasteiger partial charge in [0, 0.05) is 13.1 Å². The molecule has 0 fully saturated rings. The minimum Gasteiger partial charge on any atom is -0.493 e.